The monoisotopic (exact) mass is 522 g/mol. The molecule has 13 nitrogen and oxygen atoms in total. The summed E-state index contributed by atoms with van der Waals surface area (Å²) in [6.45, 7) is 0. The molecule has 34 heavy (non-hydrogen) atoms. The van der Waals surface area contributed by atoms with E-state index in [0.717, 1.165) is 0 Å². The molecule has 5 amide bonds. The lowest BCUT2D eigenvalue weighted by Gasteiger charge is -2.25. The van der Waals surface area contributed by atoms with E-state index in [1.54, 1.807) is 12.5 Å². The summed E-state index contributed by atoms with van der Waals surface area (Å²) in [7, 11) is 0. The Morgan fingerprint density at radius 1 is 0.735 bits per heavy atom. The first kappa shape index (κ1) is 31.5. The molecule has 0 aliphatic heterocycles. The van der Waals surface area contributed by atoms with Crippen LogP contribution in [0.4, 0.5) is 0 Å². The van der Waals surface area contributed by atoms with E-state index in [9.17, 15) is 33.9 Å². The van der Waals surface area contributed by atoms with Gasteiger partial charge in [-0.3, -0.25) is 24.0 Å². The summed E-state index contributed by atoms with van der Waals surface area (Å²) < 4.78 is 0. The summed E-state index contributed by atoms with van der Waals surface area (Å²) in [5.74, 6) is -4.12. The van der Waals surface area contributed by atoms with Crippen molar-refractivity contribution < 1.29 is 33.9 Å². The number of carbonyl (C=O) groups excluding carboxylic acids is 5. The number of hydrogen-bond acceptors (Lipinski definition) is 9. The van der Waals surface area contributed by atoms with Gasteiger partial charge in [0.05, 0.1) is 12.5 Å². The van der Waals surface area contributed by atoms with Gasteiger partial charge in [0.25, 0.3) is 0 Å². The number of thioether (sulfide) groups is 2. The number of carboxylic acids is 1. The lowest BCUT2D eigenvalue weighted by molar-refractivity contribution is -0.142. The van der Waals surface area contributed by atoms with E-state index < -0.39 is 66.1 Å². The fourth-order valence-corrected chi connectivity index (χ4v) is 3.63. The average Bonchev–Trinajstić information content (AvgIpc) is 2.75. The maximum Gasteiger partial charge on any atom is 0.326 e. The first-order valence-electron chi connectivity index (χ1n) is 10.4. The number of nitrogens with two attached hydrogens (primary N) is 3. The minimum absolute atomic E-state index is 0.156. The highest BCUT2D eigenvalue weighted by atomic mass is 32.2. The summed E-state index contributed by atoms with van der Waals surface area (Å²) in [6, 6.07) is -4.82. The molecule has 15 heteroatoms. The standard InChI is InChI=1S/C19H34N6O7S2/c1-33-7-5-12(23-16(28)10(20)9-15(22)27)18(30)24-11(3-4-14(21)26)17(29)25-13(19(31)32)6-8-34-2/h10-13H,3-9,20H2,1-2H3,(H2,21,26)(H2,22,27)(H,23,28)(H,24,30)(H,25,29)(H,31,32). The molecule has 0 rings (SSSR count). The maximum absolute atomic E-state index is 12.9. The van der Waals surface area contributed by atoms with Crippen molar-refractivity contribution in [3.63, 3.8) is 0 Å². The molecule has 4 atom stereocenters. The van der Waals surface area contributed by atoms with Crippen LogP contribution < -0.4 is 33.2 Å². The second-order valence-electron chi connectivity index (χ2n) is 7.37. The lowest BCUT2D eigenvalue weighted by atomic mass is 10.1. The Labute approximate surface area is 206 Å². The highest BCUT2D eigenvalue weighted by Gasteiger charge is 2.30. The third-order valence-corrected chi connectivity index (χ3v) is 5.83. The molecule has 0 aromatic carbocycles. The molecule has 0 radical (unpaired) electrons. The van der Waals surface area contributed by atoms with Crippen molar-refractivity contribution in [2.45, 2.75) is 56.3 Å². The van der Waals surface area contributed by atoms with Crippen LogP contribution in [-0.2, 0) is 28.8 Å². The van der Waals surface area contributed by atoms with E-state index in [1.807, 2.05) is 0 Å². The highest BCUT2D eigenvalue weighted by Crippen LogP contribution is 2.07. The van der Waals surface area contributed by atoms with Crippen molar-refractivity contribution >= 4 is 59.0 Å². The lowest BCUT2D eigenvalue weighted by Crippen LogP contribution is -2.57. The molecule has 0 heterocycles. The molecule has 0 aromatic rings. The topological polar surface area (TPSA) is 237 Å². The number of hydrogen-bond donors (Lipinski definition) is 7. The van der Waals surface area contributed by atoms with Crippen molar-refractivity contribution in [1.82, 2.24) is 16.0 Å². The van der Waals surface area contributed by atoms with Crippen LogP contribution in [0.1, 0.15) is 32.1 Å². The predicted molar refractivity (Wildman–Crippen MR) is 130 cm³/mol. The summed E-state index contributed by atoms with van der Waals surface area (Å²) in [4.78, 5) is 71.6. The normalized spacial score (nSPS) is 14.2. The van der Waals surface area contributed by atoms with Gasteiger partial charge >= 0.3 is 5.97 Å². The molecule has 0 saturated heterocycles. The van der Waals surface area contributed by atoms with Crippen LogP contribution in [0, 0.1) is 0 Å². The maximum atomic E-state index is 12.9. The fourth-order valence-electron chi connectivity index (χ4n) is 2.69. The Morgan fingerprint density at radius 2 is 1.18 bits per heavy atom. The molecule has 10 N–H and O–H groups in total. The molecule has 0 fully saturated rings. The number of amides is 5. The van der Waals surface area contributed by atoms with Crippen LogP contribution >= 0.6 is 23.5 Å². The zero-order valence-corrected chi connectivity index (χ0v) is 20.8. The van der Waals surface area contributed by atoms with Gasteiger partial charge in [-0.1, -0.05) is 0 Å². The molecular formula is C19H34N6O7S2. The largest absolute Gasteiger partial charge is 0.480 e. The summed E-state index contributed by atoms with van der Waals surface area (Å²) >= 11 is 2.81. The molecule has 194 valence electrons. The van der Waals surface area contributed by atoms with Gasteiger partial charge in [-0.15, -0.1) is 0 Å². The Hall–Kier alpha value is -2.52. The summed E-state index contributed by atoms with van der Waals surface area (Å²) in [5.41, 5.74) is 15.8. The zero-order chi connectivity index (χ0) is 26.3. The van der Waals surface area contributed by atoms with E-state index >= 15 is 0 Å². The van der Waals surface area contributed by atoms with Crippen molar-refractivity contribution in [3.05, 3.63) is 0 Å². The van der Waals surface area contributed by atoms with Crippen LogP contribution in [0.3, 0.4) is 0 Å². The van der Waals surface area contributed by atoms with E-state index in [4.69, 9.17) is 17.2 Å². The van der Waals surface area contributed by atoms with Gasteiger partial charge in [-0.25, -0.2) is 4.79 Å². The van der Waals surface area contributed by atoms with Crippen LogP contribution in [-0.4, -0.2) is 88.8 Å². The third kappa shape index (κ3) is 13.3. The second-order valence-corrected chi connectivity index (χ2v) is 9.34. The van der Waals surface area contributed by atoms with E-state index in [0.29, 0.717) is 11.5 Å². The molecule has 0 saturated carbocycles. The van der Waals surface area contributed by atoms with Gasteiger partial charge in [-0.2, -0.15) is 23.5 Å². The highest BCUT2D eigenvalue weighted by molar-refractivity contribution is 7.98. The Kier molecular flexibility index (Phi) is 15.7. The molecular weight excluding hydrogens is 488 g/mol. The second kappa shape index (κ2) is 17.0. The van der Waals surface area contributed by atoms with Crippen LogP contribution in [0.25, 0.3) is 0 Å². The molecule has 0 aliphatic carbocycles. The fraction of sp³-hybridized carbons (Fsp3) is 0.684. The Morgan fingerprint density at radius 3 is 1.62 bits per heavy atom. The predicted octanol–water partition coefficient (Wildman–Crippen LogP) is -2.50. The molecule has 0 bridgehead atoms. The van der Waals surface area contributed by atoms with Gasteiger partial charge in [0.1, 0.15) is 18.1 Å². The van der Waals surface area contributed by atoms with Gasteiger partial charge in [0.15, 0.2) is 0 Å². The van der Waals surface area contributed by atoms with Crippen LogP contribution in [0.15, 0.2) is 0 Å². The first-order chi connectivity index (χ1) is 15.9. The number of aliphatic carboxylic acids is 1. The van der Waals surface area contributed by atoms with E-state index in [1.165, 1.54) is 23.5 Å². The minimum Gasteiger partial charge on any atom is -0.480 e. The van der Waals surface area contributed by atoms with Gasteiger partial charge in [-0.05, 0) is 43.3 Å². The molecule has 0 aromatic heterocycles. The minimum atomic E-state index is -1.27. The van der Waals surface area contributed by atoms with E-state index in [2.05, 4.69) is 16.0 Å². The third-order valence-electron chi connectivity index (χ3n) is 4.54. The van der Waals surface area contributed by atoms with E-state index in [-0.39, 0.29) is 25.7 Å². The quantitative estimate of drug-likeness (QED) is 0.0998. The summed E-state index contributed by atoms with van der Waals surface area (Å²) in [6.07, 6.45) is 3.08. The van der Waals surface area contributed by atoms with Gasteiger partial charge in [0, 0.05) is 6.42 Å². The molecule has 4 unspecified atom stereocenters. The Balaban J connectivity index is 5.50. The van der Waals surface area contributed by atoms with Crippen molar-refractivity contribution in [3.8, 4) is 0 Å². The number of rotatable bonds is 18. The van der Waals surface area contributed by atoms with Gasteiger partial charge < -0.3 is 38.3 Å². The number of nitrogens with one attached hydrogen (secondary N) is 3. The SMILES string of the molecule is CSCCC(NC(=O)C(CCC(N)=O)NC(=O)C(CCSC)NC(=O)C(N)CC(N)=O)C(=O)O. The number of carboxylic acid groups (broad SMARTS) is 1. The zero-order valence-electron chi connectivity index (χ0n) is 19.2. The van der Waals surface area contributed by atoms with Gasteiger partial charge in [0.2, 0.25) is 29.5 Å². The summed E-state index contributed by atoms with van der Waals surface area (Å²) in [5, 5.41) is 16.6. The van der Waals surface area contributed by atoms with Crippen molar-refractivity contribution in [1.29, 1.82) is 0 Å². The van der Waals surface area contributed by atoms with Crippen LogP contribution in [0.5, 0.6) is 0 Å². The number of primary amides is 2. The van der Waals surface area contributed by atoms with Crippen molar-refractivity contribution in [2.24, 2.45) is 17.2 Å². The molecule has 0 spiro atoms. The Bertz CT molecular complexity index is 740. The van der Waals surface area contributed by atoms with Crippen molar-refractivity contribution in [2.75, 3.05) is 24.0 Å². The smallest absolute Gasteiger partial charge is 0.326 e. The van der Waals surface area contributed by atoms with Crippen LogP contribution in [0.2, 0.25) is 0 Å². The molecule has 0 aliphatic rings. The average molecular weight is 523 g/mol. The first-order valence-corrected chi connectivity index (χ1v) is 13.2. The number of carbonyl (C=O) groups is 6.